The molecule has 1 aliphatic rings. The zero-order chi connectivity index (χ0) is 13.0. The first kappa shape index (κ1) is 13.4. The average Bonchev–Trinajstić information content (AvgIpc) is 2.41. The first-order valence-corrected chi connectivity index (χ1v) is 7.27. The zero-order valence-corrected chi connectivity index (χ0v) is 12.2. The summed E-state index contributed by atoms with van der Waals surface area (Å²) in [4.78, 5) is 14.2. The number of halogens is 1. The first-order chi connectivity index (χ1) is 8.66. The molecule has 18 heavy (non-hydrogen) atoms. The molecule has 3 nitrogen and oxygen atoms in total. The van der Waals surface area contributed by atoms with E-state index in [-0.39, 0.29) is 11.9 Å². The fraction of sp³-hybridized carbons (Fsp3) is 0.500. The number of benzene rings is 1. The third-order valence-corrected chi connectivity index (χ3v) is 3.79. The number of hydrogen-bond donors (Lipinski definition) is 1. The summed E-state index contributed by atoms with van der Waals surface area (Å²) in [5.41, 5.74) is 0.982. The molecule has 1 amide bonds. The van der Waals surface area contributed by atoms with Crippen molar-refractivity contribution in [3.05, 3.63) is 28.7 Å². The van der Waals surface area contributed by atoms with Crippen LogP contribution in [0.15, 0.2) is 28.7 Å². The number of nitrogens with zero attached hydrogens (tertiary/aromatic N) is 1. The lowest BCUT2D eigenvalue weighted by molar-refractivity contribution is -0.132. The Balaban J connectivity index is 1.92. The molecule has 1 heterocycles. The molecule has 0 spiro atoms. The van der Waals surface area contributed by atoms with E-state index >= 15 is 0 Å². The Labute approximate surface area is 117 Å². The van der Waals surface area contributed by atoms with Gasteiger partial charge in [-0.05, 0) is 50.5 Å². The van der Waals surface area contributed by atoms with Crippen molar-refractivity contribution in [2.75, 3.05) is 18.4 Å². The van der Waals surface area contributed by atoms with Gasteiger partial charge in [-0.25, -0.2) is 0 Å². The van der Waals surface area contributed by atoms with Crippen LogP contribution in [-0.4, -0.2) is 29.9 Å². The van der Waals surface area contributed by atoms with Gasteiger partial charge in [-0.1, -0.05) is 15.9 Å². The quantitative estimate of drug-likeness (QED) is 0.929. The fourth-order valence-corrected chi connectivity index (χ4v) is 2.51. The van der Waals surface area contributed by atoms with Crippen molar-refractivity contribution >= 4 is 27.5 Å². The molecule has 1 aromatic rings. The second-order valence-electron chi connectivity index (χ2n) is 4.76. The van der Waals surface area contributed by atoms with Crippen LogP contribution in [0.4, 0.5) is 5.69 Å². The summed E-state index contributed by atoms with van der Waals surface area (Å²) in [5.74, 6) is 0.206. The predicted molar refractivity (Wildman–Crippen MR) is 77.7 cm³/mol. The molecule has 0 saturated carbocycles. The molecular weight excluding hydrogens is 292 g/mol. The highest BCUT2D eigenvalue weighted by Crippen LogP contribution is 2.16. The number of rotatable bonds is 3. The van der Waals surface area contributed by atoms with Crippen LogP contribution in [0.2, 0.25) is 0 Å². The molecule has 0 aliphatic carbocycles. The molecule has 1 aliphatic heterocycles. The molecule has 98 valence electrons. The monoisotopic (exact) mass is 310 g/mol. The van der Waals surface area contributed by atoms with Crippen LogP contribution < -0.4 is 5.32 Å². The SMILES string of the molecule is CC(Nc1ccc(Br)cc1)C(=O)N1CCCCC1. The van der Waals surface area contributed by atoms with Gasteiger partial charge >= 0.3 is 0 Å². The minimum Gasteiger partial charge on any atom is -0.374 e. The van der Waals surface area contributed by atoms with Gasteiger partial charge < -0.3 is 10.2 Å². The summed E-state index contributed by atoms with van der Waals surface area (Å²) in [6.45, 7) is 3.75. The van der Waals surface area contributed by atoms with Crippen molar-refractivity contribution in [3.63, 3.8) is 0 Å². The van der Waals surface area contributed by atoms with Crippen molar-refractivity contribution in [3.8, 4) is 0 Å². The van der Waals surface area contributed by atoms with Crippen molar-refractivity contribution in [1.29, 1.82) is 0 Å². The maximum absolute atomic E-state index is 12.2. The van der Waals surface area contributed by atoms with Gasteiger partial charge in [0.25, 0.3) is 0 Å². The van der Waals surface area contributed by atoms with Crippen LogP contribution >= 0.6 is 15.9 Å². The van der Waals surface area contributed by atoms with Gasteiger partial charge in [-0.15, -0.1) is 0 Å². The largest absolute Gasteiger partial charge is 0.374 e. The Hall–Kier alpha value is -1.03. The molecule has 0 bridgehead atoms. The standard InChI is InChI=1S/C14H19BrN2O/c1-11(14(18)17-9-3-2-4-10-17)16-13-7-5-12(15)6-8-13/h5-8,11,16H,2-4,9-10H2,1H3. The first-order valence-electron chi connectivity index (χ1n) is 6.48. The number of hydrogen-bond acceptors (Lipinski definition) is 2. The van der Waals surface area contributed by atoms with Crippen LogP contribution in [-0.2, 0) is 4.79 Å². The average molecular weight is 311 g/mol. The van der Waals surface area contributed by atoms with E-state index in [0.717, 1.165) is 36.1 Å². The highest BCUT2D eigenvalue weighted by Gasteiger charge is 2.21. The molecular formula is C14H19BrN2O. The smallest absolute Gasteiger partial charge is 0.244 e. The Bertz CT molecular complexity index is 399. The summed E-state index contributed by atoms with van der Waals surface area (Å²) < 4.78 is 1.04. The van der Waals surface area contributed by atoms with Crippen LogP contribution in [0.1, 0.15) is 26.2 Å². The van der Waals surface area contributed by atoms with Gasteiger partial charge in [-0.3, -0.25) is 4.79 Å². The topological polar surface area (TPSA) is 32.3 Å². The Morgan fingerprint density at radius 1 is 1.22 bits per heavy atom. The maximum Gasteiger partial charge on any atom is 0.244 e. The van der Waals surface area contributed by atoms with E-state index in [4.69, 9.17) is 0 Å². The van der Waals surface area contributed by atoms with Crippen molar-refractivity contribution in [2.24, 2.45) is 0 Å². The highest BCUT2D eigenvalue weighted by atomic mass is 79.9. The summed E-state index contributed by atoms with van der Waals surface area (Å²) >= 11 is 3.40. The summed E-state index contributed by atoms with van der Waals surface area (Å²) in [6, 6.07) is 7.74. The van der Waals surface area contributed by atoms with Gasteiger partial charge in [-0.2, -0.15) is 0 Å². The molecule has 1 saturated heterocycles. The van der Waals surface area contributed by atoms with E-state index in [0.29, 0.717) is 0 Å². The molecule has 1 N–H and O–H groups in total. The summed E-state index contributed by atoms with van der Waals surface area (Å²) in [6.07, 6.45) is 3.52. The number of anilines is 1. The van der Waals surface area contributed by atoms with E-state index in [1.54, 1.807) is 0 Å². The van der Waals surface area contributed by atoms with E-state index < -0.39 is 0 Å². The van der Waals surface area contributed by atoms with E-state index in [2.05, 4.69) is 21.2 Å². The third-order valence-electron chi connectivity index (χ3n) is 3.27. The van der Waals surface area contributed by atoms with E-state index in [1.165, 1.54) is 6.42 Å². The molecule has 0 radical (unpaired) electrons. The van der Waals surface area contributed by atoms with E-state index in [1.807, 2.05) is 36.1 Å². The Morgan fingerprint density at radius 2 is 1.83 bits per heavy atom. The summed E-state index contributed by atoms with van der Waals surface area (Å²) in [7, 11) is 0. The number of nitrogens with one attached hydrogen (secondary N) is 1. The lowest BCUT2D eigenvalue weighted by atomic mass is 10.1. The van der Waals surface area contributed by atoms with Crippen molar-refractivity contribution in [1.82, 2.24) is 4.90 Å². The number of carbonyl (C=O) groups is 1. The lowest BCUT2D eigenvalue weighted by Crippen LogP contribution is -2.43. The Morgan fingerprint density at radius 3 is 2.44 bits per heavy atom. The van der Waals surface area contributed by atoms with Crippen LogP contribution in [0.5, 0.6) is 0 Å². The van der Waals surface area contributed by atoms with Crippen LogP contribution in [0.3, 0.4) is 0 Å². The predicted octanol–water partition coefficient (Wildman–Crippen LogP) is 3.26. The molecule has 1 fully saturated rings. The molecule has 2 rings (SSSR count). The fourth-order valence-electron chi connectivity index (χ4n) is 2.25. The second-order valence-corrected chi connectivity index (χ2v) is 5.67. The molecule has 1 aromatic carbocycles. The van der Waals surface area contributed by atoms with Gasteiger partial charge in [0.15, 0.2) is 0 Å². The van der Waals surface area contributed by atoms with Crippen molar-refractivity contribution in [2.45, 2.75) is 32.2 Å². The molecule has 1 unspecified atom stereocenters. The van der Waals surface area contributed by atoms with Gasteiger partial charge in [0.2, 0.25) is 5.91 Å². The second kappa shape index (κ2) is 6.23. The minimum absolute atomic E-state index is 0.163. The van der Waals surface area contributed by atoms with Gasteiger partial charge in [0, 0.05) is 23.2 Å². The highest BCUT2D eigenvalue weighted by molar-refractivity contribution is 9.10. The molecule has 4 heteroatoms. The maximum atomic E-state index is 12.2. The van der Waals surface area contributed by atoms with Crippen LogP contribution in [0, 0.1) is 0 Å². The zero-order valence-electron chi connectivity index (χ0n) is 10.7. The molecule has 0 aromatic heterocycles. The number of amides is 1. The summed E-state index contributed by atoms with van der Waals surface area (Å²) in [5, 5.41) is 3.25. The number of carbonyl (C=O) groups excluding carboxylic acids is 1. The lowest BCUT2D eigenvalue weighted by Gasteiger charge is -2.29. The normalized spacial score (nSPS) is 17.3. The third kappa shape index (κ3) is 3.48. The number of piperidine rings is 1. The minimum atomic E-state index is -0.163. The van der Waals surface area contributed by atoms with Gasteiger partial charge in [0.05, 0.1) is 0 Å². The van der Waals surface area contributed by atoms with Crippen LogP contribution in [0.25, 0.3) is 0 Å². The van der Waals surface area contributed by atoms with E-state index in [9.17, 15) is 4.79 Å². The Kier molecular flexibility index (Phi) is 4.64. The number of likely N-dealkylation sites (tertiary alicyclic amines) is 1. The van der Waals surface area contributed by atoms with Gasteiger partial charge in [0.1, 0.15) is 6.04 Å². The van der Waals surface area contributed by atoms with Crippen molar-refractivity contribution < 1.29 is 4.79 Å². The molecule has 1 atom stereocenters.